The van der Waals surface area contributed by atoms with Gasteiger partial charge in [-0.1, -0.05) is 0 Å². The van der Waals surface area contributed by atoms with Crippen LogP contribution in [-0.2, 0) is 6.54 Å². The number of hydrogen-bond acceptors (Lipinski definition) is 3. The highest BCUT2D eigenvalue weighted by atomic mass is 79.9. The van der Waals surface area contributed by atoms with Gasteiger partial charge in [0.05, 0.1) is 12.7 Å². The van der Waals surface area contributed by atoms with Gasteiger partial charge in [-0.05, 0) is 58.2 Å². The minimum Gasteiger partial charge on any atom is -0.497 e. The molecule has 0 atom stereocenters. The molecule has 1 heterocycles. The lowest BCUT2D eigenvalue weighted by Gasteiger charge is -2.10. The number of pyridine rings is 1. The first kappa shape index (κ1) is 14.5. The summed E-state index contributed by atoms with van der Waals surface area (Å²) in [5, 5.41) is 2.90. The summed E-state index contributed by atoms with van der Waals surface area (Å²) in [6.45, 7) is 2.44. The van der Waals surface area contributed by atoms with Gasteiger partial charge in [0.2, 0.25) is 0 Å². The van der Waals surface area contributed by atoms with E-state index in [9.17, 15) is 4.79 Å². The van der Waals surface area contributed by atoms with Crippen molar-refractivity contribution in [1.82, 2.24) is 10.3 Å². The van der Waals surface area contributed by atoms with Crippen LogP contribution in [0.3, 0.4) is 0 Å². The lowest BCUT2D eigenvalue weighted by Crippen LogP contribution is -2.23. The molecule has 0 bridgehead atoms. The second-order valence-electron chi connectivity index (χ2n) is 4.33. The van der Waals surface area contributed by atoms with Crippen LogP contribution in [0.2, 0.25) is 0 Å². The minimum absolute atomic E-state index is 0.146. The third kappa shape index (κ3) is 3.36. The quantitative estimate of drug-likeness (QED) is 0.934. The summed E-state index contributed by atoms with van der Waals surface area (Å²) < 4.78 is 5.87. The van der Waals surface area contributed by atoms with Gasteiger partial charge in [-0.2, -0.15) is 0 Å². The first-order valence-electron chi connectivity index (χ1n) is 6.13. The Balaban J connectivity index is 2.11. The van der Waals surface area contributed by atoms with Crippen LogP contribution >= 0.6 is 15.9 Å². The van der Waals surface area contributed by atoms with Gasteiger partial charge in [0, 0.05) is 23.4 Å². The molecule has 1 amide bonds. The summed E-state index contributed by atoms with van der Waals surface area (Å²) in [7, 11) is 1.57. The number of methoxy groups -OCH3 is 1. The summed E-state index contributed by atoms with van der Waals surface area (Å²) >= 11 is 3.37. The van der Waals surface area contributed by atoms with E-state index < -0.39 is 0 Å². The number of halogens is 1. The molecular formula is C15H15BrN2O2. The van der Waals surface area contributed by atoms with Gasteiger partial charge >= 0.3 is 0 Å². The Hall–Kier alpha value is -1.88. The largest absolute Gasteiger partial charge is 0.497 e. The van der Waals surface area contributed by atoms with Crippen molar-refractivity contribution in [2.24, 2.45) is 0 Å². The molecule has 1 aromatic heterocycles. The second kappa shape index (κ2) is 6.52. The van der Waals surface area contributed by atoms with E-state index in [1.807, 2.05) is 13.0 Å². The van der Waals surface area contributed by atoms with Crippen molar-refractivity contribution in [1.29, 1.82) is 0 Å². The Labute approximate surface area is 126 Å². The van der Waals surface area contributed by atoms with Gasteiger partial charge in [-0.3, -0.25) is 9.78 Å². The Morgan fingerprint density at radius 2 is 2.20 bits per heavy atom. The summed E-state index contributed by atoms with van der Waals surface area (Å²) in [5.41, 5.74) is 2.65. The van der Waals surface area contributed by atoms with Gasteiger partial charge in [-0.25, -0.2) is 0 Å². The molecule has 104 valence electrons. The average molecular weight is 335 g/mol. The molecule has 1 N–H and O–H groups in total. The van der Waals surface area contributed by atoms with E-state index in [1.165, 1.54) is 0 Å². The maximum absolute atomic E-state index is 12.2. The Morgan fingerprint density at radius 1 is 1.40 bits per heavy atom. The first-order chi connectivity index (χ1) is 9.61. The highest BCUT2D eigenvalue weighted by Gasteiger charge is 2.11. The highest BCUT2D eigenvalue weighted by Crippen LogP contribution is 2.22. The first-order valence-corrected chi connectivity index (χ1v) is 6.92. The number of hydrogen-bond donors (Lipinski definition) is 1. The monoisotopic (exact) mass is 334 g/mol. The number of aromatic nitrogens is 1. The average Bonchev–Trinajstić information content (AvgIpc) is 2.46. The van der Waals surface area contributed by atoms with Gasteiger partial charge in [-0.15, -0.1) is 0 Å². The fourth-order valence-electron chi connectivity index (χ4n) is 1.78. The van der Waals surface area contributed by atoms with Crippen LogP contribution < -0.4 is 10.1 Å². The summed E-state index contributed by atoms with van der Waals surface area (Å²) in [5.74, 6) is 0.505. The van der Waals surface area contributed by atoms with Crippen LogP contribution in [0.1, 0.15) is 21.5 Å². The molecular weight excluding hydrogens is 320 g/mol. The highest BCUT2D eigenvalue weighted by molar-refractivity contribution is 9.10. The van der Waals surface area contributed by atoms with E-state index in [0.717, 1.165) is 15.6 Å². The fraction of sp³-hybridized carbons (Fsp3) is 0.200. The van der Waals surface area contributed by atoms with Crippen LogP contribution in [0.25, 0.3) is 0 Å². The number of nitrogens with zero attached hydrogens (tertiary/aromatic N) is 1. The fourth-order valence-corrected chi connectivity index (χ4v) is 2.20. The summed E-state index contributed by atoms with van der Waals surface area (Å²) in [6.07, 6.45) is 3.50. The molecule has 5 heteroatoms. The van der Waals surface area contributed by atoms with E-state index in [0.29, 0.717) is 17.9 Å². The molecule has 2 aromatic rings. The Bertz CT molecular complexity index is 629. The molecule has 0 spiro atoms. The SMILES string of the molecule is COc1ccc(Br)c(C(=O)NCc2ccncc2C)c1. The number of benzene rings is 1. The normalized spacial score (nSPS) is 10.2. The van der Waals surface area contributed by atoms with Crippen LogP contribution in [-0.4, -0.2) is 18.0 Å². The summed E-state index contributed by atoms with van der Waals surface area (Å²) in [4.78, 5) is 16.2. The number of rotatable bonds is 4. The number of amides is 1. The Morgan fingerprint density at radius 3 is 2.90 bits per heavy atom. The minimum atomic E-state index is -0.146. The molecule has 0 unspecified atom stereocenters. The topological polar surface area (TPSA) is 51.2 Å². The number of ether oxygens (including phenoxy) is 1. The molecule has 0 aliphatic carbocycles. The van der Waals surface area contributed by atoms with Crippen molar-refractivity contribution in [2.75, 3.05) is 7.11 Å². The predicted octanol–water partition coefficient (Wildman–Crippen LogP) is 3.09. The molecule has 2 rings (SSSR count). The van der Waals surface area contributed by atoms with E-state index in [1.54, 1.807) is 37.7 Å². The van der Waals surface area contributed by atoms with Crippen molar-refractivity contribution in [3.05, 3.63) is 57.8 Å². The molecule has 0 radical (unpaired) electrons. The lowest BCUT2D eigenvalue weighted by atomic mass is 10.1. The van der Waals surface area contributed by atoms with Crippen LogP contribution in [0.4, 0.5) is 0 Å². The van der Waals surface area contributed by atoms with Crippen molar-refractivity contribution in [2.45, 2.75) is 13.5 Å². The Kier molecular flexibility index (Phi) is 4.74. The smallest absolute Gasteiger partial charge is 0.252 e. The molecule has 0 aliphatic heterocycles. The van der Waals surface area contributed by atoms with Gasteiger partial charge in [0.1, 0.15) is 5.75 Å². The third-order valence-electron chi connectivity index (χ3n) is 2.99. The van der Waals surface area contributed by atoms with E-state index in [4.69, 9.17) is 4.74 Å². The summed E-state index contributed by atoms with van der Waals surface area (Å²) in [6, 6.07) is 7.20. The molecule has 0 fully saturated rings. The molecule has 20 heavy (non-hydrogen) atoms. The van der Waals surface area contributed by atoms with Gasteiger partial charge < -0.3 is 10.1 Å². The van der Waals surface area contributed by atoms with Crippen molar-refractivity contribution in [3.63, 3.8) is 0 Å². The van der Waals surface area contributed by atoms with Crippen molar-refractivity contribution >= 4 is 21.8 Å². The molecule has 0 saturated heterocycles. The second-order valence-corrected chi connectivity index (χ2v) is 5.18. The number of aryl methyl sites for hydroxylation is 1. The third-order valence-corrected chi connectivity index (χ3v) is 3.69. The van der Waals surface area contributed by atoms with E-state index in [-0.39, 0.29) is 5.91 Å². The molecule has 0 aliphatic rings. The predicted molar refractivity (Wildman–Crippen MR) is 80.8 cm³/mol. The van der Waals surface area contributed by atoms with Crippen molar-refractivity contribution < 1.29 is 9.53 Å². The van der Waals surface area contributed by atoms with Crippen LogP contribution in [0.15, 0.2) is 41.1 Å². The van der Waals surface area contributed by atoms with Gasteiger partial charge in [0.25, 0.3) is 5.91 Å². The molecule has 1 aromatic carbocycles. The molecule has 4 nitrogen and oxygen atoms in total. The van der Waals surface area contributed by atoms with E-state index in [2.05, 4.69) is 26.2 Å². The van der Waals surface area contributed by atoms with Gasteiger partial charge in [0.15, 0.2) is 0 Å². The number of carbonyl (C=O) groups is 1. The zero-order valence-electron chi connectivity index (χ0n) is 11.3. The lowest BCUT2D eigenvalue weighted by molar-refractivity contribution is 0.0949. The van der Waals surface area contributed by atoms with E-state index >= 15 is 0 Å². The number of carbonyl (C=O) groups excluding carboxylic acids is 1. The maximum Gasteiger partial charge on any atom is 0.252 e. The molecule has 0 saturated carbocycles. The zero-order valence-corrected chi connectivity index (χ0v) is 12.9. The maximum atomic E-state index is 12.2. The standard InChI is InChI=1S/C15H15BrN2O2/c1-10-8-17-6-5-11(10)9-18-15(19)13-7-12(20-2)3-4-14(13)16/h3-8H,9H2,1-2H3,(H,18,19). The zero-order chi connectivity index (χ0) is 14.5. The van der Waals surface area contributed by atoms with Crippen LogP contribution in [0, 0.1) is 6.92 Å². The number of nitrogens with one attached hydrogen (secondary N) is 1. The van der Waals surface area contributed by atoms with Crippen molar-refractivity contribution in [3.8, 4) is 5.75 Å². The van der Waals surface area contributed by atoms with Crippen LogP contribution in [0.5, 0.6) is 5.75 Å².